The van der Waals surface area contributed by atoms with Crippen molar-refractivity contribution in [3.05, 3.63) is 52.4 Å². The van der Waals surface area contributed by atoms with Gasteiger partial charge in [-0.25, -0.2) is 4.79 Å². The van der Waals surface area contributed by atoms with E-state index in [4.69, 9.17) is 18.9 Å². The second-order valence-corrected chi connectivity index (χ2v) is 7.94. The topological polar surface area (TPSA) is 100 Å². The van der Waals surface area contributed by atoms with Crippen LogP contribution >= 0.6 is 0 Å². The number of benzene rings is 1. The fourth-order valence-corrected chi connectivity index (χ4v) is 4.40. The number of esters is 2. The van der Waals surface area contributed by atoms with Gasteiger partial charge >= 0.3 is 11.9 Å². The number of Topliss-reactive ketones (excluding diaryl/α,β-unsaturated/α-hetero) is 1. The minimum absolute atomic E-state index is 0.0820. The van der Waals surface area contributed by atoms with Gasteiger partial charge in [-0.1, -0.05) is 19.1 Å². The Hall–Kier alpha value is -3.13. The maximum absolute atomic E-state index is 13.6. The third kappa shape index (κ3) is 4.41. The number of carbonyl (C=O) groups excluding carboxylic acids is 3. The van der Waals surface area contributed by atoms with Crippen LogP contribution in [0.5, 0.6) is 5.75 Å². The first-order chi connectivity index (χ1) is 15.3. The van der Waals surface area contributed by atoms with Crippen LogP contribution in [-0.2, 0) is 28.6 Å². The summed E-state index contributed by atoms with van der Waals surface area (Å²) in [4.78, 5) is 39.2. The van der Waals surface area contributed by atoms with Gasteiger partial charge in [-0.15, -0.1) is 0 Å². The van der Waals surface area contributed by atoms with E-state index in [0.717, 1.165) is 0 Å². The molecule has 0 amide bonds. The first-order valence-corrected chi connectivity index (χ1v) is 10.5. The molecular weight excluding hydrogens is 414 g/mol. The number of carbonyl (C=O) groups is 3. The average molecular weight is 443 g/mol. The summed E-state index contributed by atoms with van der Waals surface area (Å²) in [7, 11) is 4.34. The lowest BCUT2D eigenvalue weighted by Crippen LogP contribution is -2.43. The van der Waals surface area contributed by atoms with Crippen LogP contribution < -0.4 is 10.1 Å². The van der Waals surface area contributed by atoms with Crippen LogP contribution in [0.15, 0.2) is 46.8 Å². The molecule has 8 heteroatoms. The second kappa shape index (κ2) is 9.99. The van der Waals surface area contributed by atoms with Crippen LogP contribution in [0.25, 0.3) is 0 Å². The van der Waals surface area contributed by atoms with Gasteiger partial charge in [0.1, 0.15) is 18.3 Å². The van der Waals surface area contributed by atoms with E-state index in [1.54, 1.807) is 32.2 Å². The zero-order valence-electron chi connectivity index (χ0n) is 19.0. The molecule has 0 radical (unpaired) electrons. The van der Waals surface area contributed by atoms with Crippen LogP contribution in [0.2, 0.25) is 0 Å². The van der Waals surface area contributed by atoms with E-state index in [9.17, 15) is 14.4 Å². The molecule has 8 nitrogen and oxygen atoms in total. The van der Waals surface area contributed by atoms with Gasteiger partial charge in [0.25, 0.3) is 0 Å². The molecule has 0 saturated heterocycles. The summed E-state index contributed by atoms with van der Waals surface area (Å²) in [5, 5.41) is 3.23. The largest absolute Gasteiger partial charge is 0.497 e. The lowest BCUT2D eigenvalue weighted by molar-refractivity contribution is -0.151. The van der Waals surface area contributed by atoms with E-state index in [-0.39, 0.29) is 24.9 Å². The van der Waals surface area contributed by atoms with Crippen LogP contribution in [0.3, 0.4) is 0 Å². The van der Waals surface area contributed by atoms with Crippen molar-refractivity contribution < 1.29 is 33.3 Å². The van der Waals surface area contributed by atoms with Crippen LogP contribution in [0, 0.1) is 11.8 Å². The Morgan fingerprint density at radius 2 is 1.91 bits per heavy atom. The molecule has 0 bridgehead atoms. The summed E-state index contributed by atoms with van der Waals surface area (Å²) >= 11 is 0. The maximum atomic E-state index is 13.6. The zero-order chi connectivity index (χ0) is 23.4. The first-order valence-electron chi connectivity index (χ1n) is 10.5. The van der Waals surface area contributed by atoms with Gasteiger partial charge in [-0.3, -0.25) is 9.59 Å². The molecule has 172 valence electrons. The number of ketones is 1. The maximum Gasteiger partial charge on any atom is 0.336 e. The second-order valence-electron chi connectivity index (χ2n) is 7.94. The van der Waals surface area contributed by atoms with Crippen LogP contribution in [-0.4, -0.2) is 52.3 Å². The van der Waals surface area contributed by atoms with E-state index >= 15 is 0 Å². The Bertz CT molecular complexity index is 978. The molecular formula is C24H29NO7. The van der Waals surface area contributed by atoms with Crippen molar-refractivity contribution in [2.45, 2.75) is 26.2 Å². The number of methoxy groups -OCH3 is 3. The lowest BCUT2D eigenvalue weighted by atomic mass is 9.69. The van der Waals surface area contributed by atoms with Crippen molar-refractivity contribution in [1.82, 2.24) is 5.32 Å². The fourth-order valence-electron chi connectivity index (χ4n) is 4.40. The van der Waals surface area contributed by atoms with E-state index in [1.807, 2.05) is 13.0 Å². The van der Waals surface area contributed by atoms with E-state index in [1.165, 1.54) is 14.2 Å². The smallest absolute Gasteiger partial charge is 0.336 e. The number of dihydropyridines is 1. The summed E-state index contributed by atoms with van der Waals surface area (Å²) in [6, 6.07) is 7.20. The predicted octanol–water partition coefficient (Wildman–Crippen LogP) is 2.50. The molecule has 0 aromatic heterocycles. The van der Waals surface area contributed by atoms with Crippen LogP contribution in [0.4, 0.5) is 0 Å². The van der Waals surface area contributed by atoms with Gasteiger partial charge < -0.3 is 24.3 Å². The number of ether oxygens (including phenoxy) is 4. The molecule has 32 heavy (non-hydrogen) atoms. The monoisotopic (exact) mass is 443 g/mol. The Kier molecular flexibility index (Phi) is 7.35. The van der Waals surface area contributed by atoms with Crippen molar-refractivity contribution in [1.29, 1.82) is 0 Å². The molecule has 1 aliphatic heterocycles. The Morgan fingerprint density at radius 1 is 1.16 bits per heavy atom. The minimum Gasteiger partial charge on any atom is -0.497 e. The quantitative estimate of drug-likeness (QED) is 0.390. The highest BCUT2D eigenvalue weighted by molar-refractivity contribution is 6.12. The predicted molar refractivity (Wildman–Crippen MR) is 116 cm³/mol. The molecule has 1 N–H and O–H groups in total. The SMILES string of the molecule is COCCOC(=O)C1=C(C)NC2=C(C(=O)[C@@H](C(=O)OC)[C@@H](C)C2)[C@@H]1c1cccc(OC)c1. The normalized spacial score (nSPS) is 22.8. The molecule has 0 fully saturated rings. The molecule has 0 spiro atoms. The Labute approximate surface area is 187 Å². The Balaban J connectivity index is 2.13. The highest BCUT2D eigenvalue weighted by Gasteiger charge is 2.47. The van der Waals surface area contributed by atoms with E-state index in [0.29, 0.717) is 40.3 Å². The fraction of sp³-hybridized carbons (Fsp3) is 0.458. The minimum atomic E-state index is -0.933. The molecule has 1 heterocycles. The number of nitrogens with one attached hydrogen (secondary N) is 1. The highest BCUT2D eigenvalue weighted by Crippen LogP contribution is 2.45. The highest BCUT2D eigenvalue weighted by atomic mass is 16.6. The van der Waals surface area contributed by atoms with Crippen molar-refractivity contribution in [2.75, 3.05) is 34.5 Å². The van der Waals surface area contributed by atoms with Gasteiger partial charge in [-0.05, 0) is 37.0 Å². The molecule has 1 aromatic rings. The van der Waals surface area contributed by atoms with E-state index in [2.05, 4.69) is 5.32 Å². The molecule has 2 aliphatic rings. The Morgan fingerprint density at radius 3 is 2.56 bits per heavy atom. The van der Waals surface area contributed by atoms with Crippen molar-refractivity contribution in [3.8, 4) is 5.75 Å². The summed E-state index contributed by atoms with van der Waals surface area (Å²) < 4.78 is 20.7. The molecule has 0 unspecified atom stereocenters. The van der Waals surface area contributed by atoms with Crippen molar-refractivity contribution >= 4 is 17.7 Å². The third-order valence-electron chi connectivity index (χ3n) is 5.91. The summed E-state index contributed by atoms with van der Waals surface area (Å²) in [5.41, 5.74) is 2.72. The first kappa shape index (κ1) is 23.5. The van der Waals surface area contributed by atoms with E-state index < -0.39 is 23.8 Å². The van der Waals surface area contributed by atoms with Crippen molar-refractivity contribution in [2.24, 2.45) is 11.8 Å². The number of rotatable bonds is 7. The van der Waals surface area contributed by atoms with Gasteiger partial charge in [0.05, 0.1) is 26.4 Å². The number of hydrogen-bond acceptors (Lipinski definition) is 8. The average Bonchev–Trinajstić information content (AvgIpc) is 2.77. The lowest BCUT2D eigenvalue weighted by Gasteiger charge is -2.38. The molecule has 3 rings (SSSR count). The summed E-state index contributed by atoms with van der Waals surface area (Å²) in [6.07, 6.45) is 0.477. The standard InChI is InChI=1S/C24H29NO7/c1-13-11-17-21(22(26)18(13)23(27)31-5)20(15-7-6-8-16(12-15)30-4)19(14(2)25-17)24(28)32-10-9-29-3/h6-8,12-13,18,20,25H,9-11H2,1-5H3/t13-,18-,20+/m0/s1. The van der Waals surface area contributed by atoms with Gasteiger partial charge in [0.2, 0.25) is 0 Å². The molecule has 1 aliphatic carbocycles. The molecule has 1 aromatic carbocycles. The van der Waals surface area contributed by atoms with Gasteiger partial charge in [0, 0.05) is 30.0 Å². The zero-order valence-corrected chi connectivity index (χ0v) is 19.0. The molecule has 0 saturated carbocycles. The molecule has 3 atom stereocenters. The van der Waals surface area contributed by atoms with Crippen LogP contribution in [0.1, 0.15) is 31.7 Å². The van der Waals surface area contributed by atoms with Crippen molar-refractivity contribution in [3.63, 3.8) is 0 Å². The van der Waals surface area contributed by atoms with Gasteiger partial charge in [-0.2, -0.15) is 0 Å². The van der Waals surface area contributed by atoms with Gasteiger partial charge in [0.15, 0.2) is 5.78 Å². The third-order valence-corrected chi connectivity index (χ3v) is 5.91. The number of hydrogen-bond donors (Lipinski definition) is 1. The number of allylic oxidation sites excluding steroid dienone is 3. The summed E-state index contributed by atoms with van der Waals surface area (Å²) in [5.74, 6) is -2.76. The summed E-state index contributed by atoms with van der Waals surface area (Å²) in [6.45, 7) is 3.97.